The number of nitriles is 1. The van der Waals surface area contributed by atoms with E-state index in [0.29, 0.717) is 11.6 Å². The summed E-state index contributed by atoms with van der Waals surface area (Å²) >= 11 is 0. The molecule has 3 aliphatic rings. The third-order valence-electron chi connectivity index (χ3n) is 5.76. The van der Waals surface area contributed by atoms with Crippen LogP contribution in [0, 0.1) is 28.4 Å². The second kappa shape index (κ2) is 5.16. The Balaban J connectivity index is 1.58. The van der Waals surface area contributed by atoms with Crippen molar-refractivity contribution in [2.24, 2.45) is 5.41 Å². The lowest BCUT2D eigenvalue weighted by molar-refractivity contribution is -0.256. The zero-order valence-electron chi connectivity index (χ0n) is 13.5. The van der Waals surface area contributed by atoms with Crippen LogP contribution < -0.4 is 0 Å². The van der Waals surface area contributed by atoms with Crippen LogP contribution in [0.15, 0.2) is 42.5 Å². The summed E-state index contributed by atoms with van der Waals surface area (Å²) in [7, 11) is 0. The molecule has 0 spiro atoms. The average Bonchev–Trinajstić information content (AvgIpc) is 2.51. The van der Waals surface area contributed by atoms with E-state index < -0.39 is 39.7 Å². The van der Waals surface area contributed by atoms with E-state index in [1.807, 2.05) is 6.07 Å². The second-order valence-corrected chi connectivity index (χ2v) is 7.31. The van der Waals surface area contributed by atoms with Crippen molar-refractivity contribution >= 4 is 5.78 Å². The molecule has 132 valence electrons. The van der Waals surface area contributed by atoms with Gasteiger partial charge in [-0.3, -0.25) is 4.79 Å². The van der Waals surface area contributed by atoms with Gasteiger partial charge in [0.25, 0.3) is 0 Å². The molecule has 0 unspecified atom stereocenters. The molecule has 0 atom stereocenters. The number of ketones is 1. The van der Waals surface area contributed by atoms with Gasteiger partial charge in [0, 0.05) is 11.5 Å². The van der Waals surface area contributed by atoms with Gasteiger partial charge in [0.2, 0.25) is 5.78 Å². The number of hydrogen-bond acceptors (Lipinski definition) is 2. The highest BCUT2D eigenvalue weighted by atomic mass is 19.3. The van der Waals surface area contributed by atoms with Crippen LogP contribution in [0.25, 0.3) is 0 Å². The predicted molar refractivity (Wildman–Crippen MR) is 84.8 cm³/mol. The first-order valence-electron chi connectivity index (χ1n) is 8.11. The summed E-state index contributed by atoms with van der Waals surface area (Å²) in [6, 6.07) is 10.8. The molecule has 5 rings (SSSR count). The summed E-state index contributed by atoms with van der Waals surface area (Å²) in [6.07, 6.45) is 0.323. The van der Waals surface area contributed by atoms with Gasteiger partial charge in [0.1, 0.15) is 11.6 Å². The number of rotatable bonds is 4. The average molecular weight is 359 g/mol. The molecule has 3 fully saturated rings. The minimum absolute atomic E-state index is 0.108. The summed E-state index contributed by atoms with van der Waals surface area (Å²) in [4.78, 5) is 12.2. The second-order valence-electron chi connectivity index (χ2n) is 7.31. The number of carbonyl (C=O) groups is 1. The maximum atomic E-state index is 14.8. The Kier molecular flexibility index (Phi) is 3.33. The summed E-state index contributed by atoms with van der Waals surface area (Å²) in [6.45, 7) is 0. The van der Waals surface area contributed by atoms with E-state index in [1.54, 1.807) is 24.3 Å². The van der Waals surface area contributed by atoms with Gasteiger partial charge in [-0.1, -0.05) is 12.1 Å². The molecule has 2 aromatic rings. The first kappa shape index (κ1) is 16.8. The lowest BCUT2D eigenvalue weighted by atomic mass is 9.31. The Morgan fingerprint density at radius 1 is 1.08 bits per heavy atom. The van der Waals surface area contributed by atoms with E-state index in [2.05, 4.69) is 0 Å². The molecular formula is C20H13F4NO. The first-order chi connectivity index (χ1) is 12.2. The molecule has 0 radical (unpaired) electrons. The van der Waals surface area contributed by atoms with Crippen LogP contribution in [0.4, 0.5) is 17.6 Å². The SMILES string of the molecule is N#Cc1cccc(C23CC(C(F)(F)C(=O)c4ccc(F)cc4F)(C2)C3)c1. The summed E-state index contributed by atoms with van der Waals surface area (Å²) < 4.78 is 56.4. The van der Waals surface area contributed by atoms with Crippen LogP contribution in [0.3, 0.4) is 0 Å². The molecule has 0 aliphatic heterocycles. The smallest absolute Gasteiger partial charge is 0.287 e. The fraction of sp³-hybridized carbons (Fsp3) is 0.300. The highest BCUT2D eigenvalue weighted by molar-refractivity contribution is 6.02. The molecule has 2 nitrogen and oxygen atoms in total. The number of nitrogens with zero attached hydrogens (tertiary/aromatic N) is 1. The van der Waals surface area contributed by atoms with E-state index >= 15 is 0 Å². The van der Waals surface area contributed by atoms with Crippen molar-refractivity contribution in [1.82, 2.24) is 0 Å². The number of hydrogen-bond donors (Lipinski definition) is 0. The van der Waals surface area contributed by atoms with Gasteiger partial charge in [-0.25, -0.2) is 8.78 Å². The Bertz CT molecular complexity index is 956. The van der Waals surface area contributed by atoms with Crippen molar-refractivity contribution in [3.05, 3.63) is 70.8 Å². The molecule has 6 heteroatoms. The number of benzene rings is 2. The number of halogens is 4. The number of carbonyl (C=O) groups excluding carboxylic acids is 1. The maximum absolute atomic E-state index is 14.8. The first-order valence-corrected chi connectivity index (χ1v) is 8.11. The fourth-order valence-corrected chi connectivity index (χ4v) is 4.43. The normalized spacial score (nSPS) is 26.4. The van der Waals surface area contributed by atoms with Gasteiger partial charge in [-0.05, 0) is 54.5 Å². The standard InChI is InChI=1S/C20H13F4NO/c21-14-4-5-15(16(22)7-14)17(26)20(23,24)19-9-18(10-19,11-19)13-3-1-2-12(6-13)8-25/h1-7H,9-11H2. The monoisotopic (exact) mass is 359 g/mol. The van der Waals surface area contributed by atoms with Crippen molar-refractivity contribution in [3.8, 4) is 6.07 Å². The molecule has 2 aromatic carbocycles. The van der Waals surface area contributed by atoms with Crippen molar-refractivity contribution in [2.75, 3.05) is 0 Å². The van der Waals surface area contributed by atoms with Crippen LogP contribution >= 0.6 is 0 Å². The molecule has 0 heterocycles. The van der Waals surface area contributed by atoms with E-state index in [0.717, 1.165) is 17.7 Å². The van der Waals surface area contributed by atoms with Crippen molar-refractivity contribution in [1.29, 1.82) is 5.26 Å². The zero-order chi connectivity index (χ0) is 18.7. The van der Waals surface area contributed by atoms with E-state index in [4.69, 9.17) is 5.26 Å². The van der Waals surface area contributed by atoms with Crippen molar-refractivity contribution in [2.45, 2.75) is 30.6 Å². The predicted octanol–water partition coefficient (Wildman–Crippen LogP) is 4.78. The maximum Gasteiger partial charge on any atom is 0.315 e. The van der Waals surface area contributed by atoms with Gasteiger partial charge < -0.3 is 0 Å². The van der Waals surface area contributed by atoms with E-state index in [-0.39, 0.29) is 19.3 Å². The molecule has 0 amide bonds. The van der Waals surface area contributed by atoms with Gasteiger partial charge in [-0.15, -0.1) is 0 Å². The Morgan fingerprint density at radius 3 is 2.38 bits per heavy atom. The molecule has 2 bridgehead atoms. The molecule has 26 heavy (non-hydrogen) atoms. The van der Waals surface area contributed by atoms with Gasteiger partial charge in [0.15, 0.2) is 0 Å². The van der Waals surface area contributed by atoms with E-state index in [9.17, 15) is 22.4 Å². The number of alkyl halides is 2. The molecular weight excluding hydrogens is 346 g/mol. The summed E-state index contributed by atoms with van der Waals surface area (Å²) in [5, 5.41) is 8.98. The lowest BCUT2D eigenvalue weighted by Crippen LogP contribution is -2.73. The Labute approximate surface area is 147 Å². The largest absolute Gasteiger partial charge is 0.315 e. The van der Waals surface area contributed by atoms with Gasteiger partial charge >= 0.3 is 5.92 Å². The highest BCUT2D eigenvalue weighted by Crippen LogP contribution is 2.78. The third kappa shape index (κ3) is 2.06. The van der Waals surface area contributed by atoms with Crippen molar-refractivity contribution in [3.63, 3.8) is 0 Å². The Morgan fingerprint density at radius 2 is 1.77 bits per heavy atom. The van der Waals surface area contributed by atoms with Gasteiger partial charge in [-0.2, -0.15) is 14.0 Å². The fourth-order valence-electron chi connectivity index (χ4n) is 4.43. The number of Topliss-reactive ketones (excluding diaryl/α,β-unsaturated/α-hetero) is 1. The quantitative estimate of drug-likeness (QED) is 0.582. The molecule has 3 aliphatic carbocycles. The van der Waals surface area contributed by atoms with Crippen molar-refractivity contribution < 1.29 is 22.4 Å². The van der Waals surface area contributed by atoms with Crippen LogP contribution in [-0.2, 0) is 5.41 Å². The minimum atomic E-state index is -3.72. The molecule has 3 saturated carbocycles. The lowest BCUT2D eigenvalue weighted by Gasteiger charge is -2.72. The zero-order valence-corrected chi connectivity index (χ0v) is 13.5. The van der Waals surface area contributed by atoms with E-state index in [1.165, 1.54) is 0 Å². The van der Waals surface area contributed by atoms with Crippen LogP contribution in [-0.4, -0.2) is 11.7 Å². The Hall–Kier alpha value is -2.68. The molecule has 0 saturated heterocycles. The van der Waals surface area contributed by atoms with Crippen LogP contribution in [0.2, 0.25) is 0 Å². The van der Waals surface area contributed by atoms with Crippen LogP contribution in [0.5, 0.6) is 0 Å². The van der Waals surface area contributed by atoms with Gasteiger partial charge in [0.05, 0.1) is 17.2 Å². The molecule has 0 aromatic heterocycles. The summed E-state index contributed by atoms with van der Waals surface area (Å²) in [5.74, 6) is -7.53. The minimum Gasteiger partial charge on any atom is -0.287 e. The summed E-state index contributed by atoms with van der Waals surface area (Å²) in [5.41, 5.74) is -1.46. The van der Waals surface area contributed by atoms with Crippen LogP contribution in [0.1, 0.15) is 40.7 Å². The highest BCUT2D eigenvalue weighted by Gasteiger charge is 2.79. The molecule has 0 N–H and O–H groups in total. The third-order valence-corrected chi connectivity index (χ3v) is 5.76. The topological polar surface area (TPSA) is 40.9 Å².